The molecule has 0 aliphatic rings. The Bertz CT molecular complexity index is 1930. The number of rotatable bonds is 82. The van der Waals surface area contributed by atoms with E-state index >= 15 is 0 Å². The maximum absolute atomic E-state index is 13.1. The van der Waals surface area contributed by atoms with Crippen LogP contribution in [0.4, 0.5) is 0 Å². The summed E-state index contributed by atoms with van der Waals surface area (Å²) >= 11 is 0. The van der Waals surface area contributed by atoms with Crippen LogP contribution in [0.2, 0.25) is 0 Å². The zero-order valence-electron chi connectivity index (χ0n) is 66.1. The number of phosphoric ester groups is 2. The topological polar surface area (TPSA) is 237 Å². The molecule has 0 amide bonds. The van der Waals surface area contributed by atoms with E-state index in [4.69, 9.17) is 37.0 Å². The lowest BCUT2D eigenvalue weighted by molar-refractivity contribution is -0.161. The third-order valence-corrected chi connectivity index (χ3v) is 21.2. The minimum atomic E-state index is -4.96. The minimum Gasteiger partial charge on any atom is -0.462 e. The van der Waals surface area contributed by atoms with Gasteiger partial charge < -0.3 is 33.8 Å². The average Bonchev–Trinajstić information content (AvgIpc) is 0.953. The molecule has 101 heavy (non-hydrogen) atoms. The molecule has 0 aromatic carbocycles. The fraction of sp³-hybridized carbons (Fsp3) is 0.951. The first kappa shape index (κ1) is 99.1. The van der Waals surface area contributed by atoms with Gasteiger partial charge in [0.25, 0.3) is 0 Å². The Morgan fingerprint density at radius 1 is 0.267 bits per heavy atom. The number of carbonyl (C=O) groups is 4. The third kappa shape index (κ3) is 76.1. The molecule has 2 unspecified atom stereocenters. The van der Waals surface area contributed by atoms with E-state index in [9.17, 15) is 43.2 Å². The van der Waals surface area contributed by atoms with E-state index in [0.717, 1.165) is 96.3 Å². The molecule has 0 rings (SSSR count). The summed E-state index contributed by atoms with van der Waals surface area (Å²) in [4.78, 5) is 73.0. The van der Waals surface area contributed by atoms with E-state index in [-0.39, 0.29) is 25.7 Å². The van der Waals surface area contributed by atoms with Gasteiger partial charge in [0.1, 0.15) is 19.3 Å². The van der Waals surface area contributed by atoms with Crippen molar-refractivity contribution in [3.05, 3.63) is 0 Å². The van der Waals surface area contributed by atoms with Gasteiger partial charge in [0.2, 0.25) is 0 Å². The SMILES string of the molecule is CCCCCCCCCCCCCCCCCCCCCCCC(=O)O[C@H](COC(=O)CCCCCCCCCCCCCCCCC)COP(=O)(O)OC[C@@H](O)COP(=O)(O)OC[C@@H](COC(=O)CCCCCCCCCC(C)C)OC(=O)CCCCCCCCCCCCCCCCC. The van der Waals surface area contributed by atoms with Crippen molar-refractivity contribution in [3.63, 3.8) is 0 Å². The maximum Gasteiger partial charge on any atom is 0.472 e. The van der Waals surface area contributed by atoms with Crippen molar-refractivity contribution in [1.29, 1.82) is 0 Å². The summed E-state index contributed by atoms with van der Waals surface area (Å²) < 4.78 is 68.7. The second-order valence-electron chi connectivity index (χ2n) is 30.0. The van der Waals surface area contributed by atoms with Crippen LogP contribution in [0.25, 0.3) is 0 Å². The normalized spacial score (nSPS) is 13.8. The second-order valence-corrected chi connectivity index (χ2v) is 32.9. The highest BCUT2D eigenvalue weighted by Gasteiger charge is 2.30. The van der Waals surface area contributed by atoms with Gasteiger partial charge in [-0.05, 0) is 31.6 Å². The molecule has 0 aliphatic carbocycles. The van der Waals surface area contributed by atoms with Gasteiger partial charge in [0, 0.05) is 25.7 Å². The highest BCUT2D eigenvalue weighted by molar-refractivity contribution is 7.47. The molecule has 0 aromatic heterocycles. The van der Waals surface area contributed by atoms with E-state index in [0.29, 0.717) is 31.6 Å². The van der Waals surface area contributed by atoms with Crippen LogP contribution in [0, 0.1) is 5.92 Å². The number of ether oxygens (including phenoxy) is 4. The van der Waals surface area contributed by atoms with Crippen LogP contribution in [0.5, 0.6) is 0 Å². The number of carbonyl (C=O) groups excluding carboxylic acids is 4. The molecule has 0 aliphatic heterocycles. The summed E-state index contributed by atoms with van der Waals surface area (Å²) in [6.07, 6.45) is 66.7. The predicted octanol–water partition coefficient (Wildman–Crippen LogP) is 24.8. The van der Waals surface area contributed by atoms with Gasteiger partial charge >= 0.3 is 39.5 Å². The molecule has 0 heterocycles. The van der Waals surface area contributed by atoms with E-state index in [2.05, 4.69) is 34.6 Å². The molecule has 0 saturated carbocycles. The first-order chi connectivity index (χ1) is 49.0. The Balaban J connectivity index is 5.22. The van der Waals surface area contributed by atoms with Crippen molar-refractivity contribution in [2.45, 2.75) is 457 Å². The van der Waals surface area contributed by atoms with Crippen molar-refractivity contribution < 1.29 is 80.2 Å². The minimum absolute atomic E-state index is 0.108. The van der Waals surface area contributed by atoms with E-state index in [1.54, 1.807) is 0 Å². The third-order valence-electron chi connectivity index (χ3n) is 19.3. The van der Waals surface area contributed by atoms with E-state index in [1.165, 1.54) is 257 Å². The van der Waals surface area contributed by atoms with Gasteiger partial charge in [-0.25, -0.2) is 9.13 Å². The highest BCUT2D eigenvalue weighted by Crippen LogP contribution is 2.45. The Morgan fingerprint density at radius 2 is 0.455 bits per heavy atom. The number of phosphoric acid groups is 2. The Labute approximate surface area is 619 Å². The van der Waals surface area contributed by atoms with E-state index < -0.39 is 97.5 Å². The van der Waals surface area contributed by atoms with Crippen molar-refractivity contribution in [3.8, 4) is 0 Å². The van der Waals surface area contributed by atoms with Gasteiger partial charge in [0.05, 0.1) is 26.4 Å². The van der Waals surface area contributed by atoms with Gasteiger partial charge in [-0.1, -0.05) is 388 Å². The summed E-state index contributed by atoms with van der Waals surface area (Å²) in [5.41, 5.74) is 0. The van der Waals surface area contributed by atoms with Crippen molar-refractivity contribution in [2.75, 3.05) is 39.6 Å². The Morgan fingerprint density at radius 3 is 0.673 bits per heavy atom. The molecular weight excluding hydrogens is 1320 g/mol. The van der Waals surface area contributed by atoms with Crippen LogP contribution < -0.4 is 0 Å². The van der Waals surface area contributed by atoms with Crippen LogP contribution in [0.1, 0.15) is 439 Å². The van der Waals surface area contributed by atoms with Crippen LogP contribution >= 0.6 is 15.6 Å². The lowest BCUT2D eigenvalue weighted by Crippen LogP contribution is -2.30. The van der Waals surface area contributed by atoms with Crippen LogP contribution in [-0.4, -0.2) is 96.7 Å². The summed E-state index contributed by atoms with van der Waals surface area (Å²) in [6, 6.07) is 0. The lowest BCUT2D eigenvalue weighted by Gasteiger charge is -2.21. The summed E-state index contributed by atoms with van der Waals surface area (Å²) in [5.74, 6) is -1.40. The molecule has 0 saturated heterocycles. The molecule has 600 valence electrons. The zero-order chi connectivity index (χ0) is 74.1. The number of esters is 4. The molecule has 0 fully saturated rings. The molecule has 0 radical (unpaired) electrons. The summed E-state index contributed by atoms with van der Waals surface area (Å²) in [7, 11) is -9.92. The Kier molecular flexibility index (Phi) is 73.5. The predicted molar refractivity (Wildman–Crippen MR) is 414 cm³/mol. The highest BCUT2D eigenvalue weighted by atomic mass is 31.2. The smallest absolute Gasteiger partial charge is 0.462 e. The second kappa shape index (κ2) is 74.9. The molecule has 0 aromatic rings. The fourth-order valence-electron chi connectivity index (χ4n) is 12.8. The number of aliphatic hydroxyl groups excluding tert-OH is 1. The number of hydrogen-bond donors (Lipinski definition) is 3. The van der Waals surface area contributed by atoms with Crippen molar-refractivity contribution >= 4 is 39.5 Å². The lowest BCUT2D eigenvalue weighted by atomic mass is 10.0. The fourth-order valence-corrected chi connectivity index (χ4v) is 14.3. The van der Waals surface area contributed by atoms with Gasteiger partial charge in [-0.2, -0.15) is 0 Å². The van der Waals surface area contributed by atoms with Gasteiger partial charge in [0.15, 0.2) is 12.2 Å². The summed E-state index contributed by atoms with van der Waals surface area (Å²) in [6.45, 7) is 7.28. The molecular formula is C82H160O17P2. The largest absolute Gasteiger partial charge is 0.472 e. The van der Waals surface area contributed by atoms with E-state index in [1.807, 2.05) is 0 Å². The maximum atomic E-state index is 13.1. The monoisotopic (exact) mass is 1480 g/mol. The van der Waals surface area contributed by atoms with Crippen LogP contribution in [0.3, 0.4) is 0 Å². The molecule has 17 nitrogen and oxygen atoms in total. The average molecular weight is 1480 g/mol. The number of hydrogen-bond acceptors (Lipinski definition) is 15. The number of unbranched alkanes of at least 4 members (excludes halogenated alkanes) is 54. The van der Waals surface area contributed by atoms with Crippen LogP contribution in [0.15, 0.2) is 0 Å². The molecule has 0 bridgehead atoms. The summed E-state index contributed by atoms with van der Waals surface area (Å²) in [5, 5.41) is 10.6. The first-order valence-corrected chi connectivity index (χ1v) is 45.6. The Hall–Kier alpha value is -1.94. The quantitative estimate of drug-likeness (QED) is 0.0222. The molecule has 3 N–H and O–H groups in total. The number of aliphatic hydroxyl groups is 1. The van der Waals surface area contributed by atoms with Crippen molar-refractivity contribution in [1.82, 2.24) is 0 Å². The van der Waals surface area contributed by atoms with Crippen molar-refractivity contribution in [2.24, 2.45) is 5.92 Å². The molecule has 0 spiro atoms. The zero-order valence-corrected chi connectivity index (χ0v) is 67.8. The first-order valence-electron chi connectivity index (χ1n) is 42.6. The molecule has 19 heteroatoms. The van der Waals surface area contributed by atoms with Crippen LogP contribution in [-0.2, 0) is 65.4 Å². The standard InChI is InChI=1S/C82H160O17P2/c1-6-9-12-15-18-21-24-27-30-31-32-33-34-35-38-41-44-47-52-58-63-68-81(86)98-77(71-92-79(84)65-60-55-50-45-42-39-36-28-25-22-19-16-13-10-7-2)73-96-100(88,89)94-69-76(83)70-95-101(90,91)97-74-78(72-93-80(85)66-61-56-53-48-49-54-59-64-75(4)5)99-82(87)67-62-57-51-46-43-40-37-29-26-23-20-17-14-11-8-3/h75-78,83H,6-74H2,1-5H3,(H,88,89)(H,90,91)/t76-,77-,78-/m1/s1. The molecule has 5 atom stereocenters. The van der Waals surface area contributed by atoms with Gasteiger partial charge in [-0.3, -0.25) is 37.3 Å². The van der Waals surface area contributed by atoms with Gasteiger partial charge in [-0.15, -0.1) is 0 Å².